The number of rotatable bonds is 0. The van der Waals surface area contributed by atoms with E-state index in [1.807, 2.05) is 0 Å². The molecule has 98 valence electrons. The maximum Gasteiger partial charge on any atom is 0.369 e. The molecule has 17 heavy (non-hydrogen) atoms. The van der Waals surface area contributed by atoms with Crippen LogP contribution in [0.25, 0.3) is 0 Å². The van der Waals surface area contributed by atoms with Crippen molar-refractivity contribution in [2.45, 2.75) is 19.3 Å². The van der Waals surface area contributed by atoms with Crippen LogP contribution < -0.4 is 0 Å². The lowest BCUT2D eigenvalue weighted by Gasteiger charge is -2.01. The van der Waals surface area contributed by atoms with Crippen LogP contribution in [0.4, 0.5) is 0 Å². The molecule has 0 N–H and O–H groups in total. The second-order valence-corrected chi connectivity index (χ2v) is 2.60. The van der Waals surface area contributed by atoms with Gasteiger partial charge in [0.05, 0.1) is 6.61 Å². The molecule has 0 aromatic rings. The lowest BCUT2D eigenvalue weighted by molar-refractivity contribution is -0.828. The van der Waals surface area contributed by atoms with E-state index in [0.717, 1.165) is 12.5 Å². The van der Waals surface area contributed by atoms with Crippen molar-refractivity contribution in [2.24, 2.45) is 0 Å². The fourth-order valence-electron chi connectivity index (χ4n) is 0.788. The minimum absolute atomic E-state index is 0.266. The van der Waals surface area contributed by atoms with Crippen LogP contribution in [0.15, 0.2) is 12.2 Å². The number of allylic oxidation sites excluding steroid dienone is 1. The van der Waals surface area contributed by atoms with Crippen LogP contribution in [0, 0.1) is 0 Å². The van der Waals surface area contributed by atoms with Crippen molar-refractivity contribution in [3.63, 3.8) is 0 Å². The molecule has 1 aliphatic rings. The summed E-state index contributed by atoms with van der Waals surface area (Å²) in [5, 5.41) is 26.4. The van der Waals surface area contributed by atoms with Crippen LogP contribution in [0.3, 0.4) is 0 Å². The maximum absolute atomic E-state index is 10.9. The number of carbonyl (C=O) groups excluding carboxylic acids is 1. The van der Waals surface area contributed by atoms with E-state index in [2.05, 4.69) is 45.0 Å². The van der Waals surface area contributed by atoms with Gasteiger partial charge >= 0.3 is 5.97 Å². The molecule has 10 nitrogen and oxygen atoms in total. The summed E-state index contributed by atoms with van der Waals surface area (Å²) in [6, 6.07) is 0. The second-order valence-electron chi connectivity index (χ2n) is 2.60. The number of hydrogen-bond acceptors (Lipinski definition) is 10. The Balaban J connectivity index is 2.20. The Labute approximate surface area is 94.9 Å². The highest BCUT2D eigenvalue weighted by atomic mass is 17.9. The van der Waals surface area contributed by atoms with Crippen LogP contribution in [0.1, 0.15) is 19.3 Å². The van der Waals surface area contributed by atoms with Gasteiger partial charge in [-0.1, -0.05) is 6.08 Å². The summed E-state index contributed by atoms with van der Waals surface area (Å²) in [6.45, 7) is 0.266. The van der Waals surface area contributed by atoms with Crippen molar-refractivity contribution in [3.8, 4) is 0 Å². The van der Waals surface area contributed by atoms with Crippen molar-refractivity contribution in [1.82, 2.24) is 0 Å². The third-order valence-electron chi connectivity index (χ3n) is 1.43. The molecule has 1 aliphatic heterocycles. The summed E-state index contributed by atoms with van der Waals surface area (Å²) >= 11 is 0. The standard InChI is InChI=1S/C7H10O10/c8-7-5-3-1-2-4-6-9-11-13-15-17-16-14-12-10-7/h3,5H,1-2,4,6H2. The van der Waals surface area contributed by atoms with E-state index < -0.39 is 5.97 Å². The minimum atomic E-state index is -0.780. The largest absolute Gasteiger partial charge is 0.369 e. The zero-order chi connectivity index (χ0) is 12.2. The van der Waals surface area contributed by atoms with Crippen LogP contribution in [0.2, 0.25) is 0 Å². The molecule has 0 aromatic carbocycles. The van der Waals surface area contributed by atoms with E-state index >= 15 is 0 Å². The normalized spacial score (nSPS) is 22.0. The molecule has 0 unspecified atom stereocenters. The van der Waals surface area contributed by atoms with E-state index in [1.165, 1.54) is 0 Å². The van der Waals surface area contributed by atoms with Crippen molar-refractivity contribution < 1.29 is 49.8 Å². The summed E-state index contributed by atoms with van der Waals surface area (Å²) in [5.74, 6) is -0.780. The van der Waals surface area contributed by atoms with Gasteiger partial charge < -0.3 is 0 Å². The summed E-state index contributed by atoms with van der Waals surface area (Å²) in [4.78, 5) is 19.4. The molecule has 1 heterocycles. The average molecular weight is 254 g/mol. The zero-order valence-corrected chi connectivity index (χ0v) is 8.57. The first-order chi connectivity index (χ1) is 8.39. The Bertz CT molecular complexity index is 229. The van der Waals surface area contributed by atoms with E-state index in [1.54, 1.807) is 6.08 Å². The van der Waals surface area contributed by atoms with E-state index in [9.17, 15) is 4.79 Å². The molecule has 0 bridgehead atoms. The first kappa shape index (κ1) is 14.0. The first-order valence-corrected chi connectivity index (χ1v) is 4.56. The van der Waals surface area contributed by atoms with Crippen molar-refractivity contribution in [3.05, 3.63) is 12.2 Å². The maximum atomic E-state index is 10.9. The van der Waals surface area contributed by atoms with Crippen LogP contribution in [-0.2, 0) is 49.8 Å². The monoisotopic (exact) mass is 254 g/mol. The highest BCUT2D eigenvalue weighted by molar-refractivity contribution is 5.81. The Kier molecular flexibility index (Phi) is 8.27. The quantitative estimate of drug-likeness (QED) is 0.574. The van der Waals surface area contributed by atoms with Gasteiger partial charge in [-0.25, -0.2) is 9.68 Å². The molecule has 10 heteroatoms. The summed E-state index contributed by atoms with van der Waals surface area (Å²) in [6.07, 6.45) is 4.85. The van der Waals surface area contributed by atoms with Gasteiger partial charge in [0.1, 0.15) is 0 Å². The third kappa shape index (κ3) is 8.67. The zero-order valence-electron chi connectivity index (χ0n) is 8.57. The average Bonchev–Trinajstić information content (AvgIpc) is 2.32. The molecular formula is C7H10O10. The summed E-state index contributed by atoms with van der Waals surface area (Å²) < 4.78 is 0. The van der Waals surface area contributed by atoms with Crippen molar-refractivity contribution >= 4 is 5.97 Å². The molecule has 0 radical (unpaired) electrons. The first-order valence-electron chi connectivity index (χ1n) is 4.56. The molecular weight excluding hydrogens is 244 g/mol. The highest BCUT2D eigenvalue weighted by Gasteiger charge is 2.01. The summed E-state index contributed by atoms with van der Waals surface area (Å²) in [7, 11) is 0. The fourth-order valence-corrected chi connectivity index (χ4v) is 0.788. The van der Waals surface area contributed by atoms with Gasteiger partial charge in [-0.2, -0.15) is 0 Å². The molecule has 0 saturated heterocycles. The van der Waals surface area contributed by atoms with Gasteiger partial charge in [0.2, 0.25) is 0 Å². The number of hydrogen-bond donors (Lipinski definition) is 0. The van der Waals surface area contributed by atoms with Gasteiger partial charge in [-0.15, -0.1) is 0 Å². The Morgan fingerprint density at radius 3 is 2.41 bits per heavy atom. The van der Waals surface area contributed by atoms with Crippen LogP contribution in [0.5, 0.6) is 0 Å². The van der Waals surface area contributed by atoms with Gasteiger partial charge in [0.15, 0.2) is 0 Å². The summed E-state index contributed by atoms with van der Waals surface area (Å²) in [5.41, 5.74) is 0. The van der Waals surface area contributed by atoms with Crippen molar-refractivity contribution in [1.29, 1.82) is 0 Å². The molecule has 1 rings (SSSR count). The fraction of sp³-hybridized carbons (Fsp3) is 0.571. The molecule has 0 saturated carbocycles. The molecule has 0 amide bonds. The topological polar surface area (TPSA) is 100 Å². The Hall–Kier alpha value is -1.11. The SMILES string of the molecule is O=C1C=CCCCCOOOOOOOOO1. The number of carbonyl (C=O) groups is 1. The van der Waals surface area contributed by atoms with E-state index in [4.69, 9.17) is 0 Å². The lowest BCUT2D eigenvalue weighted by atomic mass is 10.2. The second kappa shape index (κ2) is 10.1. The van der Waals surface area contributed by atoms with Gasteiger partial charge in [-0.3, -0.25) is 4.89 Å². The Morgan fingerprint density at radius 1 is 0.882 bits per heavy atom. The molecule has 0 fully saturated rings. The minimum Gasteiger partial charge on any atom is -0.262 e. The van der Waals surface area contributed by atoms with Crippen LogP contribution in [-0.4, -0.2) is 12.6 Å². The molecule has 0 aliphatic carbocycles. The van der Waals surface area contributed by atoms with Gasteiger partial charge in [0.25, 0.3) is 0 Å². The smallest absolute Gasteiger partial charge is 0.262 e. The molecule has 0 atom stereocenters. The van der Waals surface area contributed by atoms with Crippen molar-refractivity contribution in [2.75, 3.05) is 6.61 Å². The van der Waals surface area contributed by atoms with E-state index in [0.29, 0.717) is 12.8 Å². The predicted octanol–water partition coefficient (Wildman–Crippen LogP) is 0.722. The lowest BCUT2D eigenvalue weighted by Crippen LogP contribution is -2.06. The van der Waals surface area contributed by atoms with Gasteiger partial charge in [-0.05, 0) is 34.4 Å². The highest BCUT2D eigenvalue weighted by Crippen LogP contribution is 1.99. The van der Waals surface area contributed by atoms with Gasteiger partial charge in [0, 0.05) is 26.2 Å². The predicted molar refractivity (Wildman–Crippen MR) is 42.6 cm³/mol. The molecule has 0 spiro atoms. The Morgan fingerprint density at radius 2 is 1.59 bits per heavy atom. The molecule has 0 aromatic heterocycles. The third-order valence-corrected chi connectivity index (χ3v) is 1.43. The van der Waals surface area contributed by atoms with Crippen LogP contribution >= 0.6 is 0 Å². The van der Waals surface area contributed by atoms with E-state index in [-0.39, 0.29) is 6.61 Å².